The molecule has 0 aromatic carbocycles. The molecule has 0 radical (unpaired) electrons. The number of nitriles is 1. The van der Waals surface area contributed by atoms with Crippen molar-refractivity contribution in [1.82, 2.24) is 15.3 Å². The number of amides is 1. The van der Waals surface area contributed by atoms with Crippen LogP contribution >= 0.6 is 0 Å². The average molecular weight is 308 g/mol. The number of pyridine rings is 2. The van der Waals surface area contributed by atoms with E-state index in [-0.39, 0.29) is 17.4 Å². The van der Waals surface area contributed by atoms with Gasteiger partial charge in [0, 0.05) is 18.6 Å². The Labute approximate surface area is 136 Å². The van der Waals surface area contributed by atoms with Crippen LogP contribution in [0.15, 0.2) is 42.9 Å². The fourth-order valence-corrected chi connectivity index (χ4v) is 2.28. The van der Waals surface area contributed by atoms with Crippen molar-refractivity contribution in [2.75, 3.05) is 0 Å². The number of nitrogens with one attached hydrogen (secondary N) is 1. The molecule has 1 N–H and O–H groups in total. The Morgan fingerprint density at radius 2 is 2.09 bits per heavy atom. The van der Waals surface area contributed by atoms with Crippen LogP contribution < -0.4 is 5.32 Å². The zero-order valence-corrected chi connectivity index (χ0v) is 13.6. The fourth-order valence-electron chi connectivity index (χ4n) is 2.28. The lowest BCUT2D eigenvalue weighted by Gasteiger charge is -2.27. The molecule has 0 spiro atoms. The number of hydrogen-bond donors (Lipinski definition) is 1. The zero-order valence-electron chi connectivity index (χ0n) is 13.6. The van der Waals surface area contributed by atoms with Crippen LogP contribution in [-0.4, -0.2) is 15.9 Å². The molecule has 5 heteroatoms. The van der Waals surface area contributed by atoms with Crippen LogP contribution in [-0.2, 0) is 0 Å². The van der Waals surface area contributed by atoms with Crippen LogP contribution in [0.25, 0.3) is 0 Å². The Morgan fingerprint density at radius 1 is 1.30 bits per heavy atom. The molecule has 23 heavy (non-hydrogen) atoms. The number of carbonyl (C=O) groups is 1. The predicted molar refractivity (Wildman–Crippen MR) is 87.5 cm³/mol. The highest BCUT2D eigenvalue weighted by Gasteiger charge is 2.22. The Balaban J connectivity index is 2.19. The number of aromatic nitrogens is 2. The molecule has 2 aromatic rings. The first-order chi connectivity index (χ1) is 10.9. The van der Waals surface area contributed by atoms with Crippen molar-refractivity contribution in [3.05, 3.63) is 59.7 Å². The molecule has 1 amide bonds. The van der Waals surface area contributed by atoms with Crippen LogP contribution in [0.3, 0.4) is 0 Å². The largest absolute Gasteiger partial charge is 0.345 e. The van der Waals surface area contributed by atoms with Crippen molar-refractivity contribution in [3.63, 3.8) is 0 Å². The molecule has 0 aliphatic heterocycles. The van der Waals surface area contributed by atoms with Gasteiger partial charge in [-0.05, 0) is 35.6 Å². The van der Waals surface area contributed by atoms with E-state index < -0.39 is 0 Å². The summed E-state index contributed by atoms with van der Waals surface area (Å²) >= 11 is 0. The molecule has 0 bridgehead atoms. The molecule has 118 valence electrons. The molecule has 0 unspecified atom stereocenters. The lowest BCUT2D eigenvalue weighted by atomic mass is 9.85. The van der Waals surface area contributed by atoms with Crippen molar-refractivity contribution in [3.8, 4) is 6.07 Å². The molecule has 2 heterocycles. The van der Waals surface area contributed by atoms with Crippen molar-refractivity contribution >= 4 is 5.91 Å². The van der Waals surface area contributed by atoms with Crippen molar-refractivity contribution in [2.45, 2.75) is 33.2 Å². The van der Waals surface area contributed by atoms with E-state index in [0.29, 0.717) is 11.3 Å². The first-order valence-corrected chi connectivity index (χ1v) is 7.46. The van der Waals surface area contributed by atoms with Crippen LogP contribution in [0, 0.1) is 16.7 Å². The summed E-state index contributed by atoms with van der Waals surface area (Å²) in [6.45, 7) is 6.39. The highest BCUT2D eigenvalue weighted by molar-refractivity contribution is 5.94. The van der Waals surface area contributed by atoms with Gasteiger partial charge in [0.15, 0.2) is 0 Å². The molecule has 0 fully saturated rings. The van der Waals surface area contributed by atoms with Crippen LogP contribution in [0.5, 0.6) is 0 Å². The average Bonchev–Trinajstić information content (AvgIpc) is 2.54. The normalized spacial score (nSPS) is 12.3. The van der Waals surface area contributed by atoms with E-state index in [2.05, 4.69) is 36.1 Å². The van der Waals surface area contributed by atoms with E-state index >= 15 is 0 Å². The molecule has 5 nitrogen and oxygen atoms in total. The van der Waals surface area contributed by atoms with Gasteiger partial charge in [-0.15, -0.1) is 0 Å². The van der Waals surface area contributed by atoms with E-state index in [1.807, 2.05) is 18.2 Å². The highest BCUT2D eigenvalue weighted by Crippen LogP contribution is 2.29. The van der Waals surface area contributed by atoms with Crippen LogP contribution in [0.4, 0.5) is 0 Å². The summed E-state index contributed by atoms with van der Waals surface area (Å²) in [5.41, 5.74) is 1.75. The molecular formula is C18H20N4O. The summed E-state index contributed by atoms with van der Waals surface area (Å²) < 4.78 is 0. The second-order valence-electron chi connectivity index (χ2n) is 6.62. The number of carbonyl (C=O) groups excluding carboxylic acids is 1. The molecule has 2 rings (SSSR count). The third-order valence-electron chi connectivity index (χ3n) is 3.35. The van der Waals surface area contributed by atoms with Gasteiger partial charge in [0.05, 0.1) is 11.6 Å². The predicted octanol–water partition coefficient (Wildman–Crippen LogP) is 3.26. The van der Waals surface area contributed by atoms with Crippen molar-refractivity contribution < 1.29 is 4.79 Å². The molecule has 1 atom stereocenters. The lowest BCUT2D eigenvalue weighted by Crippen LogP contribution is -2.31. The van der Waals surface area contributed by atoms with Gasteiger partial charge in [0.25, 0.3) is 5.91 Å². The van der Waals surface area contributed by atoms with Crippen LogP contribution in [0.1, 0.15) is 54.8 Å². The van der Waals surface area contributed by atoms with Gasteiger partial charge in [-0.3, -0.25) is 9.78 Å². The summed E-state index contributed by atoms with van der Waals surface area (Å²) in [7, 11) is 0. The number of nitrogens with zero attached hydrogens (tertiary/aromatic N) is 3. The van der Waals surface area contributed by atoms with E-state index in [1.54, 1.807) is 18.5 Å². The first-order valence-electron chi connectivity index (χ1n) is 7.46. The van der Waals surface area contributed by atoms with E-state index in [4.69, 9.17) is 5.26 Å². The summed E-state index contributed by atoms with van der Waals surface area (Å²) in [6, 6.07) is 8.78. The Hall–Kier alpha value is -2.74. The SMILES string of the molecule is CC(C)(C)C[C@H](NC(=O)c1ccc(C#N)nc1)c1cccnc1. The number of rotatable bonds is 4. The third-order valence-corrected chi connectivity index (χ3v) is 3.35. The van der Waals surface area contributed by atoms with E-state index in [1.165, 1.54) is 12.3 Å². The maximum atomic E-state index is 12.5. The van der Waals surface area contributed by atoms with Gasteiger partial charge in [-0.2, -0.15) is 5.26 Å². The minimum atomic E-state index is -0.208. The second kappa shape index (κ2) is 7.01. The molecule has 0 aliphatic carbocycles. The third kappa shape index (κ3) is 4.89. The van der Waals surface area contributed by atoms with Gasteiger partial charge in [-0.1, -0.05) is 26.8 Å². The summed E-state index contributed by atoms with van der Waals surface area (Å²) in [5.74, 6) is -0.208. The minimum absolute atomic E-state index is 0.0523. The Kier molecular flexibility index (Phi) is 5.07. The molecule has 0 aliphatic rings. The maximum absolute atomic E-state index is 12.5. The Bertz CT molecular complexity index is 697. The van der Waals surface area contributed by atoms with Gasteiger partial charge < -0.3 is 5.32 Å². The minimum Gasteiger partial charge on any atom is -0.345 e. The molecule has 2 aromatic heterocycles. The van der Waals surface area contributed by atoms with Crippen LogP contribution in [0.2, 0.25) is 0 Å². The Morgan fingerprint density at radius 3 is 2.61 bits per heavy atom. The van der Waals surface area contributed by atoms with Gasteiger partial charge in [0.2, 0.25) is 0 Å². The molecular weight excluding hydrogens is 288 g/mol. The van der Waals surface area contributed by atoms with E-state index in [9.17, 15) is 4.79 Å². The quantitative estimate of drug-likeness (QED) is 0.940. The van der Waals surface area contributed by atoms with Crippen molar-refractivity contribution in [1.29, 1.82) is 5.26 Å². The summed E-state index contributed by atoms with van der Waals surface area (Å²) in [5, 5.41) is 11.8. The zero-order chi connectivity index (χ0) is 16.9. The lowest BCUT2D eigenvalue weighted by molar-refractivity contribution is 0.0926. The van der Waals surface area contributed by atoms with E-state index in [0.717, 1.165) is 12.0 Å². The number of hydrogen-bond acceptors (Lipinski definition) is 4. The molecule has 0 saturated heterocycles. The van der Waals surface area contributed by atoms with Gasteiger partial charge in [-0.25, -0.2) is 4.98 Å². The maximum Gasteiger partial charge on any atom is 0.253 e. The monoisotopic (exact) mass is 308 g/mol. The van der Waals surface area contributed by atoms with Gasteiger partial charge in [0.1, 0.15) is 11.8 Å². The highest BCUT2D eigenvalue weighted by atomic mass is 16.1. The standard InChI is InChI=1S/C18H20N4O/c1-18(2,3)9-16(13-5-4-8-20-11-13)22-17(23)14-6-7-15(10-19)21-12-14/h4-8,11-12,16H,9H2,1-3H3,(H,22,23)/t16-/m0/s1. The topological polar surface area (TPSA) is 78.7 Å². The summed E-state index contributed by atoms with van der Waals surface area (Å²) in [6.07, 6.45) is 5.69. The van der Waals surface area contributed by atoms with Gasteiger partial charge >= 0.3 is 0 Å². The molecule has 0 saturated carbocycles. The second-order valence-corrected chi connectivity index (χ2v) is 6.62. The smallest absolute Gasteiger partial charge is 0.253 e. The fraction of sp³-hybridized carbons (Fsp3) is 0.333. The summed E-state index contributed by atoms with van der Waals surface area (Å²) in [4.78, 5) is 20.5. The first kappa shape index (κ1) is 16.6. The van der Waals surface area contributed by atoms with Crippen molar-refractivity contribution in [2.24, 2.45) is 5.41 Å².